The summed E-state index contributed by atoms with van der Waals surface area (Å²) in [7, 11) is 0. The van der Waals surface area contributed by atoms with Crippen molar-refractivity contribution in [1.82, 2.24) is 10.2 Å². The lowest BCUT2D eigenvalue weighted by molar-refractivity contribution is 0.788. The van der Waals surface area contributed by atoms with Crippen molar-refractivity contribution in [1.29, 1.82) is 5.26 Å². The third-order valence-corrected chi connectivity index (χ3v) is 4.10. The van der Waals surface area contributed by atoms with Crippen molar-refractivity contribution in [3.05, 3.63) is 50.8 Å². The lowest BCUT2D eigenvalue weighted by Gasteiger charge is -2.16. The molecule has 0 fully saturated rings. The van der Waals surface area contributed by atoms with Gasteiger partial charge in [-0.05, 0) is 36.6 Å². The first-order valence-electron chi connectivity index (χ1n) is 6.83. The minimum Gasteiger partial charge on any atom is -0.399 e. The average molecular weight is 335 g/mol. The number of nitrogens with two attached hydrogens (primary N) is 1. The van der Waals surface area contributed by atoms with Crippen LogP contribution in [-0.4, -0.2) is 10.2 Å². The van der Waals surface area contributed by atoms with Crippen LogP contribution >= 0.6 is 23.2 Å². The van der Waals surface area contributed by atoms with Gasteiger partial charge in [-0.3, -0.25) is 0 Å². The largest absolute Gasteiger partial charge is 0.399 e. The standard InChI is InChI=1S/C16H16Cl2N4/c1-8(2)11-6-15(22-21-9(11)3)12(7-19)16-13(17)4-10(20)5-14(16)18/h4-6,8,12H,20H2,1-3H3. The molecule has 1 atom stereocenters. The van der Waals surface area contributed by atoms with Gasteiger partial charge in [0.25, 0.3) is 0 Å². The molecule has 1 aromatic carbocycles. The van der Waals surface area contributed by atoms with E-state index in [0.29, 0.717) is 27.0 Å². The summed E-state index contributed by atoms with van der Waals surface area (Å²) < 4.78 is 0. The van der Waals surface area contributed by atoms with Gasteiger partial charge in [0.2, 0.25) is 0 Å². The van der Waals surface area contributed by atoms with E-state index in [4.69, 9.17) is 28.9 Å². The molecule has 0 spiro atoms. The predicted octanol–water partition coefficient (Wildman–Crippen LogP) is 4.45. The third kappa shape index (κ3) is 3.16. The first-order valence-corrected chi connectivity index (χ1v) is 7.58. The van der Waals surface area contributed by atoms with Gasteiger partial charge < -0.3 is 5.73 Å². The highest BCUT2D eigenvalue weighted by molar-refractivity contribution is 6.36. The number of aryl methyl sites for hydroxylation is 1. The van der Waals surface area contributed by atoms with E-state index >= 15 is 0 Å². The number of nitriles is 1. The molecule has 0 saturated heterocycles. The van der Waals surface area contributed by atoms with Crippen LogP contribution in [-0.2, 0) is 0 Å². The first kappa shape index (κ1) is 16.5. The van der Waals surface area contributed by atoms with E-state index in [0.717, 1.165) is 11.3 Å². The van der Waals surface area contributed by atoms with Gasteiger partial charge in [-0.25, -0.2) is 0 Å². The molecule has 2 aromatic rings. The van der Waals surface area contributed by atoms with E-state index in [1.807, 2.05) is 13.0 Å². The fourth-order valence-corrected chi connectivity index (χ4v) is 3.09. The smallest absolute Gasteiger partial charge is 0.118 e. The summed E-state index contributed by atoms with van der Waals surface area (Å²) in [4.78, 5) is 0. The van der Waals surface area contributed by atoms with Crippen molar-refractivity contribution in [2.75, 3.05) is 5.73 Å². The molecule has 1 aromatic heterocycles. The molecule has 114 valence electrons. The lowest BCUT2D eigenvalue weighted by Crippen LogP contribution is -2.08. The zero-order valence-corrected chi connectivity index (χ0v) is 14.1. The van der Waals surface area contributed by atoms with Gasteiger partial charge >= 0.3 is 0 Å². The molecule has 2 N–H and O–H groups in total. The Labute approximate surface area is 139 Å². The molecule has 0 saturated carbocycles. The Morgan fingerprint density at radius 1 is 1.14 bits per heavy atom. The molecular formula is C16H16Cl2N4. The van der Waals surface area contributed by atoms with E-state index in [1.54, 1.807) is 12.1 Å². The van der Waals surface area contributed by atoms with Gasteiger partial charge in [0, 0.05) is 21.3 Å². The Morgan fingerprint density at radius 3 is 2.23 bits per heavy atom. The molecule has 1 heterocycles. The summed E-state index contributed by atoms with van der Waals surface area (Å²) in [5.74, 6) is -0.405. The zero-order chi connectivity index (χ0) is 16.4. The van der Waals surface area contributed by atoms with Crippen molar-refractivity contribution in [3.63, 3.8) is 0 Å². The topological polar surface area (TPSA) is 75.6 Å². The Bertz CT molecular complexity index is 727. The van der Waals surface area contributed by atoms with Crippen molar-refractivity contribution in [2.45, 2.75) is 32.6 Å². The SMILES string of the molecule is Cc1nnc(C(C#N)c2c(Cl)cc(N)cc2Cl)cc1C(C)C. The van der Waals surface area contributed by atoms with Gasteiger partial charge in [-0.1, -0.05) is 37.0 Å². The van der Waals surface area contributed by atoms with Crippen molar-refractivity contribution < 1.29 is 0 Å². The molecule has 6 heteroatoms. The molecule has 0 bridgehead atoms. The van der Waals surface area contributed by atoms with Crippen LogP contribution in [0.2, 0.25) is 10.0 Å². The number of hydrogen-bond donors (Lipinski definition) is 1. The fourth-order valence-electron chi connectivity index (χ4n) is 2.37. The van der Waals surface area contributed by atoms with Gasteiger partial charge in [0.15, 0.2) is 0 Å². The van der Waals surface area contributed by atoms with Gasteiger partial charge in [0.05, 0.1) is 17.5 Å². The van der Waals surface area contributed by atoms with E-state index in [-0.39, 0.29) is 5.92 Å². The molecule has 2 rings (SSSR count). The minimum atomic E-state index is -0.689. The van der Waals surface area contributed by atoms with Crippen LogP contribution in [0.25, 0.3) is 0 Å². The molecule has 4 nitrogen and oxygen atoms in total. The molecule has 0 aliphatic rings. The van der Waals surface area contributed by atoms with E-state index in [1.165, 1.54) is 0 Å². The maximum atomic E-state index is 9.58. The number of nitrogen functional groups attached to an aromatic ring is 1. The van der Waals surface area contributed by atoms with Crippen LogP contribution in [0.15, 0.2) is 18.2 Å². The molecule has 1 unspecified atom stereocenters. The summed E-state index contributed by atoms with van der Waals surface area (Å²) in [6.07, 6.45) is 0. The maximum Gasteiger partial charge on any atom is 0.118 e. The van der Waals surface area contributed by atoms with Crippen molar-refractivity contribution in [2.24, 2.45) is 0 Å². The monoisotopic (exact) mass is 334 g/mol. The Kier molecular flexibility index (Phi) is 4.90. The van der Waals surface area contributed by atoms with Crippen LogP contribution in [0.1, 0.15) is 48.2 Å². The van der Waals surface area contributed by atoms with Crippen molar-refractivity contribution in [3.8, 4) is 6.07 Å². The number of rotatable bonds is 3. The normalized spacial score (nSPS) is 12.2. The molecule has 0 aliphatic carbocycles. The van der Waals surface area contributed by atoms with Crippen LogP contribution < -0.4 is 5.73 Å². The minimum absolute atomic E-state index is 0.283. The van der Waals surface area contributed by atoms with Gasteiger partial charge in [-0.2, -0.15) is 15.5 Å². The zero-order valence-electron chi connectivity index (χ0n) is 12.6. The number of hydrogen-bond acceptors (Lipinski definition) is 4. The van der Waals surface area contributed by atoms with E-state index in [2.05, 4.69) is 30.1 Å². The summed E-state index contributed by atoms with van der Waals surface area (Å²) >= 11 is 12.5. The summed E-state index contributed by atoms with van der Waals surface area (Å²) in [5, 5.41) is 18.6. The molecule has 0 amide bonds. The Balaban J connectivity index is 2.60. The number of nitrogens with zero attached hydrogens (tertiary/aromatic N) is 3. The van der Waals surface area contributed by atoms with E-state index < -0.39 is 5.92 Å². The molecule has 0 radical (unpaired) electrons. The number of halogens is 2. The molecular weight excluding hydrogens is 319 g/mol. The molecule has 22 heavy (non-hydrogen) atoms. The quantitative estimate of drug-likeness (QED) is 0.841. The highest BCUT2D eigenvalue weighted by atomic mass is 35.5. The van der Waals surface area contributed by atoms with Crippen LogP contribution in [0, 0.1) is 18.3 Å². The highest BCUT2D eigenvalue weighted by Crippen LogP contribution is 2.37. The average Bonchev–Trinajstić information content (AvgIpc) is 2.43. The van der Waals surface area contributed by atoms with E-state index in [9.17, 15) is 5.26 Å². The maximum absolute atomic E-state index is 9.58. The van der Waals surface area contributed by atoms with Crippen LogP contribution in [0.5, 0.6) is 0 Å². The number of benzene rings is 1. The van der Waals surface area contributed by atoms with Gasteiger partial charge in [-0.15, -0.1) is 0 Å². The van der Waals surface area contributed by atoms with Crippen molar-refractivity contribution >= 4 is 28.9 Å². The summed E-state index contributed by atoms with van der Waals surface area (Å²) in [5.41, 5.74) is 9.11. The summed E-state index contributed by atoms with van der Waals surface area (Å²) in [6, 6.07) is 7.26. The molecule has 0 aliphatic heterocycles. The highest BCUT2D eigenvalue weighted by Gasteiger charge is 2.23. The summed E-state index contributed by atoms with van der Waals surface area (Å²) in [6.45, 7) is 6.04. The first-order chi connectivity index (χ1) is 10.3. The second-order valence-electron chi connectivity index (χ2n) is 5.42. The number of anilines is 1. The second-order valence-corrected chi connectivity index (χ2v) is 6.24. The second kappa shape index (κ2) is 6.51. The Hall–Kier alpha value is -1.83. The number of aromatic nitrogens is 2. The van der Waals surface area contributed by atoms with Crippen LogP contribution in [0.3, 0.4) is 0 Å². The van der Waals surface area contributed by atoms with Crippen LogP contribution in [0.4, 0.5) is 5.69 Å². The van der Waals surface area contributed by atoms with Gasteiger partial charge in [0.1, 0.15) is 5.92 Å². The Morgan fingerprint density at radius 2 is 1.73 bits per heavy atom. The lowest BCUT2D eigenvalue weighted by atomic mass is 9.93. The third-order valence-electron chi connectivity index (χ3n) is 3.47. The fraction of sp³-hybridized carbons (Fsp3) is 0.312. The predicted molar refractivity (Wildman–Crippen MR) is 89.2 cm³/mol.